The number of nitrogens with one attached hydrogen (secondary N) is 2. The van der Waals surface area contributed by atoms with Crippen LogP contribution in [0.25, 0.3) is 0 Å². The number of ether oxygens (including phenoxy) is 1. The fourth-order valence-corrected chi connectivity index (χ4v) is 3.89. The number of hydrogen-bond acceptors (Lipinski definition) is 8. The van der Waals surface area contributed by atoms with Crippen molar-refractivity contribution in [1.29, 1.82) is 0 Å². The highest BCUT2D eigenvalue weighted by molar-refractivity contribution is 7.13. The van der Waals surface area contributed by atoms with Gasteiger partial charge >= 0.3 is 5.97 Å². The first-order chi connectivity index (χ1) is 18.0. The number of aliphatic carboxylic acids is 1. The number of carbonyl (C=O) groups excluding carboxylic acids is 2. The molecule has 0 saturated heterocycles. The number of anilines is 2. The maximum absolute atomic E-state index is 13.7. The van der Waals surface area contributed by atoms with Crippen molar-refractivity contribution in [3.05, 3.63) is 69.6 Å². The molecule has 0 fully saturated rings. The lowest BCUT2D eigenvalue weighted by molar-refractivity contribution is -0.144. The van der Waals surface area contributed by atoms with Crippen LogP contribution in [-0.2, 0) is 14.4 Å². The van der Waals surface area contributed by atoms with Crippen LogP contribution < -0.4 is 20.9 Å². The molecule has 3 aromatic rings. The van der Waals surface area contributed by atoms with Crippen molar-refractivity contribution in [2.45, 2.75) is 31.8 Å². The SMILES string of the molecule is CC[C@@H](C(=O)N[C@@H](CC(=O)COc1c(F)c(F)cc(F)c1F)C(=O)O)n1cccc(Nc2nccs2)c1=O. The van der Waals surface area contributed by atoms with E-state index in [9.17, 15) is 41.8 Å². The van der Waals surface area contributed by atoms with Crippen LogP contribution in [0.15, 0.2) is 40.8 Å². The maximum Gasteiger partial charge on any atom is 0.326 e. The fourth-order valence-electron chi connectivity index (χ4n) is 3.34. The molecule has 2 heterocycles. The molecule has 0 aliphatic carbocycles. The molecule has 0 saturated carbocycles. The van der Waals surface area contributed by atoms with Crippen LogP contribution in [0.5, 0.6) is 5.75 Å². The second kappa shape index (κ2) is 12.3. The van der Waals surface area contributed by atoms with Crippen molar-refractivity contribution < 1.29 is 41.8 Å². The monoisotopic (exact) mass is 556 g/mol. The summed E-state index contributed by atoms with van der Waals surface area (Å²) in [5.74, 6) is -12.3. The highest BCUT2D eigenvalue weighted by Gasteiger charge is 2.29. The number of thiazole rings is 1. The van der Waals surface area contributed by atoms with Gasteiger partial charge < -0.3 is 25.0 Å². The van der Waals surface area contributed by atoms with Crippen LogP contribution >= 0.6 is 11.3 Å². The molecule has 1 aromatic carbocycles. The van der Waals surface area contributed by atoms with E-state index in [2.05, 4.69) is 20.4 Å². The first-order valence-electron chi connectivity index (χ1n) is 10.9. The van der Waals surface area contributed by atoms with Gasteiger partial charge in [0.2, 0.25) is 17.5 Å². The van der Waals surface area contributed by atoms with Gasteiger partial charge in [0, 0.05) is 30.3 Å². The van der Waals surface area contributed by atoms with Gasteiger partial charge in [-0.3, -0.25) is 14.4 Å². The van der Waals surface area contributed by atoms with Crippen LogP contribution in [0, 0.1) is 23.3 Å². The van der Waals surface area contributed by atoms with E-state index in [4.69, 9.17) is 0 Å². The van der Waals surface area contributed by atoms with Gasteiger partial charge in [0.15, 0.2) is 28.3 Å². The summed E-state index contributed by atoms with van der Waals surface area (Å²) in [7, 11) is 0. The predicted octanol–water partition coefficient (Wildman–Crippen LogP) is 3.16. The van der Waals surface area contributed by atoms with Gasteiger partial charge in [-0.2, -0.15) is 8.78 Å². The molecule has 3 N–H and O–H groups in total. The number of Topliss-reactive ketones (excluding diaryl/α,β-unsaturated/α-hetero) is 1. The molecular weight excluding hydrogens is 536 g/mol. The van der Waals surface area contributed by atoms with Crippen LogP contribution in [0.3, 0.4) is 0 Å². The van der Waals surface area contributed by atoms with E-state index >= 15 is 0 Å². The largest absolute Gasteiger partial charge is 0.480 e. The van der Waals surface area contributed by atoms with Crippen molar-refractivity contribution in [1.82, 2.24) is 14.9 Å². The number of ketones is 1. The van der Waals surface area contributed by atoms with E-state index in [-0.39, 0.29) is 18.2 Å². The molecular formula is C23H20F4N4O6S. The Morgan fingerprint density at radius 1 is 1.18 bits per heavy atom. The number of carbonyl (C=O) groups is 3. The van der Waals surface area contributed by atoms with Gasteiger partial charge in [0.05, 0.1) is 0 Å². The lowest BCUT2D eigenvalue weighted by atomic mass is 10.1. The zero-order chi connectivity index (χ0) is 28.0. The molecule has 3 rings (SSSR count). The molecule has 1 amide bonds. The molecule has 38 heavy (non-hydrogen) atoms. The summed E-state index contributed by atoms with van der Waals surface area (Å²) in [6, 6.07) is -0.0442. The number of pyridine rings is 1. The molecule has 15 heteroatoms. The molecule has 0 spiro atoms. The lowest BCUT2D eigenvalue weighted by Crippen LogP contribution is -2.46. The van der Waals surface area contributed by atoms with Crippen molar-refractivity contribution >= 4 is 39.8 Å². The van der Waals surface area contributed by atoms with E-state index in [1.807, 2.05) is 0 Å². The van der Waals surface area contributed by atoms with Crippen molar-refractivity contribution in [2.75, 3.05) is 11.9 Å². The Kier molecular flexibility index (Phi) is 9.17. The van der Waals surface area contributed by atoms with E-state index in [0.717, 1.165) is 4.57 Å². The highest BCUT2D eigenvalue weighted by atomic mass is 32.1. The van der Waals surface area contributed by atoms with Crippen LogP contribution in [-0.4, -0.2) is 45.0 Å². The Morgan fingerprint density at radius 2 is 1.87 bits per heavy atom. The quantitative estimate of drug-likeness (QED) is 0.228. The number of halogens is 4. The number of hydrogen-bond donors (Lipinski definition) is 3. The summed E-state index contributed by atoms with van der Waals surface area (Å²) >= 11 is 1.24. The number of rotatable bonds is 12. The standard InChI is InChI=1S/C23H20F4N4O6S/c1-2-16(31-6-3-4-14(21(31)34)30-23-28-5-7-38-23)20(33)29-15(22(35)36)8-11(32)10-37-19-17(26)12(24)9-13(25)18(19)27/h3-7,9,15-16H,2,8,10H2,1H3,(H,28,30)(H,29,33)(H,35,36)/t15-,16-/m0/s1. The minimum atomic E-state index is -1.87. The molecule has 0 aliphatic heterocycles. The Hall–Kier alpha value is -4.27. The average molecular weight is 556 g/mol. The lowest BCUT2D eigenvalue weighted by Gasteiger charge is -2.21. The Balaban J connectivity index is 1.70. The maximum atomic E-state index is 13.7. The minimum absolute atomic E-state index is 0.0460. The number of benzene rings is 1. The van der Waals surface area contributed by atoms with Gasteiger partial charge in [-0.25, -0.2) is 18.6 Å². The summed E-state index contributed by atoms with van der Waals surface area (Å²) in [6.45, 7) is 0.436. The molecule has 0 bridgehead atoms. The van der Waals surface area contributed by atoms with Gasteiger partial charge in [-0.15, -0.1) is 11.3 Å². The van der Waals surface area contributed by atoms with Crippen LogP contribution in [0.1, 0.15) is 25.8 Å². The van der Waals surface area contributed by atoms with E-state index < -0.39 is 77.3 Å². The third kappa shape index (κ3) is 6.53. The molecule has 2 aromatic heterocycles. The van der Waals surface area contributed by atoms with E-state index in [0.29, 0.717) is 5.13 Å². The van der Waals surface area contributed by atoms with Crippen molar-refractivity contribution in [3.63, 3.8) is 0 Å². The van der Waals surface area contributed by atoms with E-state index in [1.165, 1.54) is 35.9 Å². The summed E-state index contributed by atoms with van der Waals surface area (Å²) < 4.78 is 59.6. The van der Waals surface area contributed by atoms with E-state index in [1.54, 1.807) is 12.3 Å². The zero-order valence-corrected chi connectivity index (χ0v) is 20.4. The minimum Gasteiger partial charge on any atom is -0.480 e. The smallest absolute Gasteiger partial charge is 0.326 e. The summed E-state index contributed by atoms with van der Waals surface area (Å²) in [6.07, 6.45) is 2.04. The second-order valence-corrected chi connectivity index (χ2v) is 8.64. The molecule has 0 aliphatic rings. The Bertz CT molecular complexity index is 1370. The zero-order valence-electron chi connectivity index (χ0n) is 19.5. The number of carboxylic acids is 1. The number of carboxylic acid groups (broad SMARTS) is 1. The highest BCUT2D eigenvalue weighted by Crippen LogP contribution is 2.26. The topological polar surface area (TPSA) is 140 Å². The predicted molar refractivity (Wildman–Crippen MR) is 126 cm³/mol. The number of aromatic nitrogens is 2. The molecule has 10 nitrogen and oxygen atoms in total. The Labute approximate surface area is 215 Å². The van der Waals surface area contributed by atoms with Crippen LogP contribution in [0.4, 0.5) is 28.4 Å². The van der Waals surface area contributed by atoms with Gasteiger partial charge in [-0.1, -0.05) is 6.92 Å². The number of nitrogens with zero attached hydrogens (tertiary/aromatic N) is 2. The molecule has 2 atom stereocenters. The van der Waals surface area contributed by atoms with Gasteiger partial charge in [-0.05, 0) is 18.6 Å². The molecule has 0 radical (unpaired) electrons. The van der Waals surface area contributed by atoms with Crippen LogP contribution in [0.2, 0.25) is 0 Å². The van der Waals surface area contributed by atoms with Crippen molar-refractivity contribution in [3.8, 4) is 5.75 Å². The second-order valence-electron chi connectivity index (χ2n) is 7.75. The first-order valence-corrected chi connectivity index (χ1v) is 11.8. The molecule has 202 valence electrons. The van der Waals surface area contributed by atoms with Crippen molar-refractivity contribution in [2.24, 2.45) is 0 Å². The third-order valence-corrected chi connectivity index (χ3v) is 5.86. The van der Waals surface area contributed by atoms with Gasteiger partial charge in [0.25, 0.3) is 5.56 Å². The molecule has 0 unspecified atom stereocenters. The summed E-state index contributed by atoms with van der Waals surface area (Å²) in [5, 5.41) is 16.6. The number of amides is 1. The van der Waals surface area contributed by atoms with Gasteiger partial charge in [0.1, 0.15) is 24.4 Å². The normalized spacial score (nSPS) is 12.4. The third-order valence-electron chi connectivity index (χ3n) is 5.17. The average Bonchev–Trinajstić information content (AvgIpc) is 3.38. The fraction of sp³-hybridized carbons (Fsp3) is 0.261. The first kappa shape index (κ1) is 28.3. The summed E-state index contributed by atoms with van der Waals surface area (Å²) in [5.41, 5.74) is -0.475. The Morgan fingerprint density at radius 3 is 2.45 bits per heavy atom. The summed E-state index contributed by atoms with van der Waals surface area (Å²) in [4.78, 5) is 53.7.